The SMILES string of the molecule is C=C1CCP(=S)(c2ccccc2)CC1. The van der Waals surface area contributed by atoms with E-state index in [4.69, 9.17) is 11.8 Å². The summed E-state index contributed by atoms with van der Waals surface area (Å²) in [6.45, 7) is 4.04. The van der Waals surface area contributed by atoms with E-state index in [1.54, 1.807) is 0 Å². The van der Waals surface area contributed by atoms with Crippen LogP contribution in [-0.2, 0) is 11.8 Å². The van der Waals surface area contributed by atoms with E-state index in [1.165, 1.54) is 23.2 Å². The first kappa shape index (κ1) is 10.1. The Labute approximate surface area is 91.0 Å². The zero-order valence-electron chi connectivity index (χ0n) is 8.28. The van der Waals surface area contributed by atoms with Crippen LogP contribution in [0.5, 0.6) is 0 Å². The van der Waals surface area contributed by atoms with Crippen molar-refractivity contribution in [2.45, 2.75) is 12.8 Å². The molecule has 0 saturated carbocycles. The highest BCUT2D eigenvalue weighted by Crippen LogP contribution is 2.50. The average Bonchev–Trinajstić information content (AvgIpc) is 2.24. The highest BCUT2D eigenvalue weighted by Gasteiger charge is 2.23. The quantitative estimate of drug-likeness (QED) is 0.519. The van der Waals surface area contributed by atoms with Crippen molar-refractivity contribution in [1.29, 1.82) is 0 Å². The van der Waals surface area contributed by atoms with E-state index in [1.807, 2.05) is 0 Å². The minimum absolute atomic E-state index is 1.15. The van der Waals surface area contributed by atoms with Gasteiger partial charge in [0.2, 0.25) is 0 Å². The molecule has 0 nitrogen and oxygen atoms in total. The largest absolute Gasteiger partial charge is 0.0998 e. The molecule has 1 aliphatic heterocycles. The Hall–Kier alpha value is -0.390. The monoisotopic (exact) mass is 222 g/mol. The summed E-state index contributed by atoms with van der Waals surface area (Å²) in [4.78, 5) is 0. The topological polar surface area (TPSA) is 0 Å². The van der Waals surface area contributed by atoms with Gasteiger partial charge in [-0.25, -0.2) is 0 Å². The van der Waals surface area contributed by atoms with Crippen LogP contribution in [0.15, 0.2) is 42.5 Å². The van der Waals surface area contributed by atoms with E-state index in [2.05, 4.69) is 36.9 Å². The van der Waals surface area contributed by atoms with Gasteiger partial charge in [0.1, 0.15) is 0 Å². The lowest BCUT2D eigenvalue weighted by molar-refractivity contribution is 0.958. The maximum absolute atomic E-state index is 5.84. The van der Waals surface area contributed by atoms with Gasteiger partial charge in [0.05, 0.1) is 0 Å². The molecule has 14 heavy (non-hydrogen) atoms. The summed E-state index contributed by atoms with van der Waals surface area (Å²) in [6, 6.07) is 9.45. The van der Waals surface area contributed by atoms with E-state index in [0.717, 1.165) is 12.8 Å². The van der Waals surface area contributed by atoms with Gasteiger partial charge < -0.3 is 0 Å². The number of hydrogen-bond acceptors (Lipinski definition) is 1. The van der Waals surface area contributed by atoms with Crippen molar-refractivity contribution in [2.75, 3.05) is 12.3 Å². The van der Waals surface area contributed by atoms with Crippen molar-refractivity contribution in [3.8, 4) is 0 Å². The van der Waals surface area contributed by atoms with Crippen LogP contribution in [0.4, 0.5) is 0 Å². The summed E-state index contributed by atoms with van der Waals surface area (Å²) in [6.07, 6.45) is 4.66. The third-order valence-electron chi connectivity index (χ3n) is 2.88. The maximum Gasteiger partial charge on any atom is -0.0142 e. The molecule has 0 aromatic heterocycles. The normalized spacial score (nSPS) is 20.7. The molecule has 1 aromatic carbocycles. The summed E-state index contributed by atoms with van der Waals surface area (Å²) in [7, 11) is 0. The highest BCUT2D eigenvalue weighted by molar-refractivity contribution is 8.18. The van der Waals surface area contributed by atoms with Gasteiger partial charge in [-0.05, 0) is 36.5 Å². The Balaban J connectivity index is 2.26. The second kappa shape index (κ2) is 4.00. The predicted molar refractivity (Wildman–Crippen MR) is 68.5 cm³/mol. The summed E-state index contributed by atoms with van der Waals surface area (Å²) >= 11 is 5.84. The zero-order chi connectivity index (χ0) is 10.0. The van der Waals surface area contributed by atoms with Crippen molar-refractivity contribution < 1.29 is 0 Å². The molecular formula is C12H15PS. The van der Waals surface area contributed by atoms with Gasteiger partial charge in [-0.3, -0.25) is 0 Å². The smallest absolute Gasteiger partial charge is 0.0142 e. The van der Waals surface area contributed by atoms with Crippen molar-refractivity contribution in [3.63, 3.8) is 0 Å². The average molecular weight is 222 g/mol. The van der Waals surface area contributed by atoms with Crippen LogP contribution in [0, 0.1) is 0 Å². The standard InChI is InChI=1S/C12H15PS/c1-11-7-9-13(14,10-8-11)12-5-3-2-4-6-12/h2-6H,1,7-10H2. The van der Waals surface area contributed by atoms with Gasteiger partial charge in [0, 0.05) is 0 Å². The van der Waals surface area contributed by atoms with E-state index < -0.39 is 6.04 Å². The van der Waals surface area contributed by atoms with Crippen LogP contribution in [0.2, 0.25) is 0 Å². The van der Waals surface area contributed by atoms with Gasteiger partial charge >= 0.3 is 0 Å². The molecule has 0 radical (unpaired) electrons. The predicted octanol–water partition coefficient (Wildman–Crippen LogP) is 3.14. The number of hydrogen-bond donors (Lipinski definition) is 0. The highest BCUT2D eigenvalue weighted by atomic mass is 32.4. The first-order valence-corrected chi connectivity index (χ1v) is 8.18. The molecule has 1 saturated heterocycles. The van der Waals surface area contributed by atoms with Crippen LogP contribution in [-0.4, -0.2) is 12.3 Å². The summed E-state index contributed by atoms with van der Waals surface area (Å²) in [5.41, 5.74) is 1.39. The minimum Gasteiger partial charge on any atom is -0.0998 e. The third-order valence-corrected chi connectivity index (χ3v) is 7.74. The molecule has 0 amide bonds. The summed E-state index contributed by atoms with van der Waals surface area (Å²) in [5.74, 6) is 0. The van der Waals surface area contributed by atoms with E-state index in [-0.39, 0.29) is 0 Å². The van der Waals surface area contributed by atoms with Crippen LogP contribution >= 0.6 is 6.04 Å². The van der Waals surface area contributed by atoms with E-state index in [0.29, 0.717) is 0 Å². The first-order valence-electron chi connectivity index (χ1n) is 5.01. The van der Waals surface area contributed by atoms with Crippen LogP contribution < -0.4 is 5.30 Å². The first-order chi connectivity index (χ1) is 6.71. The Morgan fingerprint density at radius 2 is 1.64 bits per heavy atom. The van der Waals surface area contributed by atoms with Crippen molar-refractivity contribution in [3.05, 3.63) is 42.5 Å². The lowest BCUT2D eigenvalue weighted by Crippen LogP contribution is -2.15. The van der Waals surface area contributed by atoms with Crippen molar-refractivity contribution >= 4 is 23.1 Å². The fraction of sp³-hybridized carbons (Fsp3) is 0.333. The number of benzene rings is 1. The van der Waals surface area contributed by atoms with Gasteiger partial charge in [0.15, 0.2) is 0 Å². The Kier molecular flexibility index (Phi) is 2.90. The fourth-order valence-corrected chi connectivity index (χ4v) is 5.60. The molecule has 0 spiro atoms. The minimum atomic E-state index is -1.23. The molecule has 1 fully saturated rings. The van der Waals surface area contributed by atoms with E-state index in [9.17, 15) is 0 Å². The molecule has 0 unspecified atom stereocenters. The lowest BCUT2D eigenvalue weighted by Gasteiger charge is -2.28. The van der Waals surface area contributed by atoms with E-state index >= 15 is 0 Å². The van der Waals surface area contributed by atoms with Gasteiger partial charge in [-0.15, -0.1) is 0 Å². The molecule has 1 heterocycles. The zero-order valence-corrected chi connectivity index (χ0v) is 9.99. The lowest BCUT2D eigenvalue weighted by atomic mass is 10.2. The molecule has 1 aliphatic rings. The van der Waals surface area contributed by atoms with Crippen LogP contribution in [0.1, 0.15) is 12.8 Å². The summed E-state index contributed by atoms with van der Waals surface area (Å²) < 4.78 is 0. The molecule has 0 atom stereocenters. The van der Waals surface area contributed by atoms with Crippen LogP contribution in [0.25, 0.3) is 0 Å². The fourth-order valence-electron chi connectivity index (χ4n) is 1.87. The van der Waals surface area contributed by atoms with Gasteiger partial charge in [-0.1, -0.05) is 54.3 Å². The van der Waals surface area contributed by atoms with Gasteiger partial charge in [0.25, 0.3) is 0 Å². The molecule has 1 aromatic rings. The van der Waals surface area contributed by atoms with Gasteiger partial charge in [-0.2, -0.15) is 0 Å². The molecule has 0 bridgehead atoms. The molecule has 74 valence electrons. The Morgan fingerprint density at radius 1 is 1.07 bits per heavy atom. The van der Waals surface area contributed by atoms with Crippen molar-refractivity contribution in [1.82, 2.24) is 0 Å². The number of rotatable bonds is 1. The molecule has 0 aliphatic carbocycles. The van der Waals surface area contributed by atoms with Crippen LogP contribution in [0.3, 0.4) is 0 Å². The second-order valence-electron chi connectivity index (χ2n) is 3.92. The molecule has 0 N–H and O–H groups in total. The van der Waals surface area contributed by atoms with Crippen molar-refractivity contribution in [2.24, 2.45) is 0 Å². The second-order valence-corrected chi connectivity index (χ2v) is 9.21. The Morgan fingerprint density at radius 3 is 2.21 bits per heavy atom. The number of allylic oxidation sites excluding steroid dienone is 1. The third kappa shape index (κ3) is 1.99. The summed E-state index contributed by atoms with van der Waals surface area (Å²) in [5, 5.41) is 1.42. The maximum atomic E-state index is 5.84. The molecular weight excluding hydrogens is 207 g/mol. The molecule has 2 heteroatoms. The Bertz CT molecular complexity index is 367. The molecule has 2 rings (SSSR count).